The molecule has 8 nitrogen and oxygen atoms in total. The number of carbonyl (C=O) groups is 3. The Morgan fingerprint density at radius 3 is 2.60 bits per heavy atom. The largest absolute Gasteiger partial charge is 0.436 e. The van der Waals surface area contributed by atoms with Gasteiger partial charge in [-0.25, -0.2) is 18.2 Å². The Morgan fingerprint density at radius 1 is 1.02 bits per heavy atom. The topological polar surface area (TPSA) is 101 Å². The van der Waals surface area contributed by atoms with Crippen LogP contribution < -0.4 is 10.1 Å². The molecule has 0 spiro atoms. The Kier molecular flexibility index (Phi) is 7.41. The number of halogens is 5. The third kappa shape index (κ3) is 5.33. The van der Waals surface area contributed by atoms with Gasteiger partial charge in [0.1, 0.15) is 12.3 Å². The van der Waals surface area contributed by atoms with Gasteiger partial charge in [0.05, 0.1) is 16.8 Å². The number of imide groups is 1. The highest BCUT2D eigenvalue weighted by atomic mass is 35.5. The van der Waals surface area contributed by atoms with E-state index >= 15 is 0 Å². The molecule has 1 N–H and O–H groups in total. The Morgan fingerprint density at radius 2 is 1.80 bits per heavy atom. The molecule has 1 saturated heterocycles. The lowest BCUT2D eigenvalue weighted by Gasteiger charge is -2.13. The number of fused-ring (bicyclic) bond motifs is 1. The Balaban J connectivity index is 1.44. The van der Waals surface area contributed by atoms with Crippen molar-refractivity contribution < 1.29 is 36.7 Å². The molecule has 5 rings (SSSR count). The second-order valence-corrected chi connectivity index (χ2v) is 9.46. The maximum atomic E-state index is 14.3. The molecule has 0 radical (unpaired) electrons. The van der Waals surface area contributed by atoms with Crippen LogP contribution in [-0.2, 0) is 9.59 Å². The van der Waals surface area contributed by atoms with Gasteiger partial charge >= 0.3 is 0 Å². The molecule has 0 atom stereocenters. The number of nitrogens with one attached hydrogen (secondary N) is 1. The zero-order valence-corrected chi connectivity index (χ0v) is 21.3. The van der Waals surface area contributed by atoms with Crippen molar-refractivity contribution in [1.29, 1.82) is 0 Å². The fraction of sp³-hybridized carbons (Fsp3) is 0.0385. The minimum absolute atomic E-state index is 0.0747. The Hall–Kier alpha value is -4.49. The number of benzene rings is 3. The van der Waals surface area contributed by atoms with Crippen LogP contribution in [0.5, 0.6) is 11.6 Å². The van der Waals surface area contributed by atoms with Crippen LogP contribution in [0, 0.1) is 23.3 Å². The lowest BCUT2D eigenvalue weighted by atomic mass is 10.0. The van der Waals surface area contributed by atoms with Crippen LogP contribution in [-0.4, -0.2) is 38.5 Å². The minimum atomic E-state index is -1.79. The molecule has 1 aromatic heterocycles. The van der Waals surface area contributed by atoms with E-state index in [-0.39, 0.29) is 15.9 Å². The van der Waals surface area contributed by atoms with E-state index < -0.39 is 58.4 Å². The van der Waals surface area contributed by atoms with Gasteiger partial charge in [0.15, 0.2) is 17.5 Å². The molecule has 2 heterocycles. The van der Waals surface area contributed by atoms with Gasteiger partial charge in [-0.1, -0.05) is 30.3 Å². The highest BCUT2D eigenvalue weighted by Crippen LogP contribution is 2.38. The third-order valence-electron chi connectivity index (χ3n) is 5.58. The van der Waals surface area contributed by atoms with Crippen LogP contribution in [0.4, 0.5) is 28.0 Å². The molecule has 0 bridgehead atoms. The minimum Gasteiger partial charge on any atom is -0.436 e. The van der Waals surface area contributed by atoms with Gasteiger partial charge in [-0.2, -0.15) is 9.37 Å². The van der Waals surface area contributed by atoms with Crippen molar-refractivity contribution in [3.05, 3.63) is 93.7 Å². The van der Waals surface area contributed by atoms with E-state index in [0.717, 1.165) is 17.6 Å². The van der Waals surface area contributed by atoms with Gasteiger partial charge < -0.3 is 10.1 Å². The number of amides is 3. The van der Waals surface area contributed by atoms with Crippen LogP contribution in [0.2, 0.25) is 5.28 Å². The zero-order valence-electron chi connectivity index (χ0n) is 19.8. The predicted octanol–water partition coefficient (Wildman–Crippen LogP) is 6.31. The van der Waals surface area contributed by atoms with E-state index in [4.69, 9.17) is 16.3 Å². The van der Waals surface area contributed by atoms with E-state index in [1.807, 2.05) is 5.32 Å². The third-order valence-corrected chi connectivity index (χ3v) is 6.67. The molecule has 3 aromatic carbocycles. The van der Waals surface area contributed by atoms with E-state index in [2.05, 4.69) is 9.97 Å². The fourth-order valence-corrected chi connectivity index (χ4v) is 4.69. The van der Waals surface area contributed by atoms with Crippen LogP contribution in [0.3, 0.4) is 0 Å². The number of anilines is 1. The number of ether oxygens (including phenoxy) is 1. The molecule has 0 aliphatic carbocycles. The summed E-state index contributed by atoms with van der Waals surface area (Å²) >= 11 is 6.28. The van der Waals surface area contributed by atoms with E-state index in [9.17, 15) is 31.9 Å². The van der Waals surface area contributed by atoms with Crippen molar-refractivity contribution in [1.82, 2.24) is 14.9 Å². The lowest BCUT2D eigenvalue weighted by Crippen LogP contribution is -2.36. The first-order valence-corrected chi connectivity index (χ1v) is 12.4. The van der Waals surface area contributed by atoms with E-state index in [1.54, 1.807) is 30.3 Å². The second-order valence-electron chi connectivity index (χ2n) is 8.13. The number of carbonyl (C=O) groups excluding carboxylic acids is 3. The SMILES string of the molecule is O=C(CN1C(=O)S/C(=C/c2c(Oc3nc(Cl)ncc3F)ccc3ccccc23)C1=O)Nc1ccc(F)c(F)c1F. The number of aromatic nitrogens is 2. The summed E-state index contributed by atoms with van der Waals surface area (Å²) < 4.78 is 60.5. The van der Waals surface area contributed by atoms with Crippen LogP contribution >= 0.6 is 23.4 Å². The molecule has 1 aliphatic heterocycles. The molecule has 0 unspecified atom stereocenters. The Labute approximate surface area is 231 Å². The van der Waals surface area contributed by atoms with E-state index in [0.29, 0.717) is 33.7 Å². The van der Waals surface area contributed by atoms with Gasteiger partial charge in [0, 0.05) is 5.56 Å². The lowest BCUT2D eigenvalue weighted by molar-refractivity contribution is -0.127. The van der Waals surface area contributed by atoms with Crippen molar-refractivity contribution in [3.8, 4) is 11.6 Å². The molecule has 40 heavy (non-hydrogen) atoms. The predicted molar refractivity (Wildman–Crippen MR) is 139 cm³/mol. The Bertz CT molecular complexity index is 1750. The molecule has 1 fully saturated rings. The zero-order chi connectivity index (χ0) is 28.6. The first-order valence-electron chi connectivity index (χ1n) is 11.2. The average Bonchev–Trinajstić information content (AvgIpc) is 3.19. The van der Waals surface area contributed by atoms with Crippen LogP contribution in [0.1, 0.15) is 5.56 Å². The summed E-state index contributed by atoms with van der Waals surface area (Å²) in [6.07, 6.45) is 2.17. The molecule has 202 valence electrons. The number of rotatable bonds is 6. The maximum absolute atomic E-state index is 14.3. The van der Waals surface area contributed by atoms with Crippen molar-refractivity contribution in [2.75, 3.05) is 11.9 Å². The molecule has 0 saturated carbocycles. The molecule has 14 heteroatoms. The normalized spacial score (nSPS) is 14.3. The summed E-state index contributed by atoms with van der Waals surface area (Å²) in [5.74, 6) is -8.05. The number of hydrogen-bond acceptors (Lipinski definition) is 7. The molecular weight excluding hydrogens is 576 g/mol. The van der Waals surface area contributed by atoms with Gasteiger partial charge in [0.2, 0.25) is 17.0 Å². The van der Waals surface area contributed by atoms with Crippen LogP contribution in [0.25, 0.3) is 16.8 Å². The average molecular weight is 589 g/mol. The summed E-state index contributed by atoms with van der Waals surface area (Å²) in [5.41, 5.74) is -0.368. The smallest absolute Gasteiger partial charge is 0.294 e. The first kappa shape index (κ1) is 27.1. The highest BCUT2D eigenvalue weighted by molar-refractivity contribution is 8.18. The summed E-state index contributed by atoms with van der Waals surface area (Å²) in [4.78, 5) is 45.9. The summed E-state index contributed by atoms with van der Waals surface area (Å²) in [7, 11) is 0. The molecule has 3 amide bonds. The molecule has 1 aliphatic rings. The fourth-order valence-electron chi connectivity index (χ4n) is 3.74. The van der Waals surface area contributed by atoms with Crippen molar-refractivity contribution >= 4 is 63.0 Å². The van der Waals surface area contributed by atoms with E-state index in [1.165, 1.54) is 12.1 Å². The quantitative estimate of drug-likeness (QED) is 0.122. The van der Waals surface area contributed by atoms with Crippen molar-refractivity contribution in [2.24, 2.45) is 0 Å². The number of nitrogens with zero attached hydrogens (tertiary/aromatic N) is 3. The van der Waals surface area contributed by atoms with Gasteiger partial charge in [0.25, 0.3) is 17.0 Å². The summed E-state index contributed by atoms with van der Waals surface area (Å²) in [5, 5.41) is 2.25. The number of thioether (sulfide) groups is 1. The second kappa shape index (κ2) is 10.9. The monoisotopic (exact) mass is 588 g/mol. The number of hydrogen-bond donors (Lipinski definition) is 1. The van der Waals surface area contributed by atoms with Gasteiger partial charge in [-0.05, 0) is 58.4 Å². The van der Waals surface area contributed by atoms with Gasteiger partial charge in [-0.15, -0.1) is 0 Å². The first-order chi connectivity index (χ1) is 19.1. The van der Waals surface area contributed by atoms with Gasteiger partial charge in [-0.3, -0.25) is 19.3 Å². The highest BCUT2D eigenvalue weighted by Gasteiger charge is 2.37. The summed E-state index contributed by atoms with van der Waals surface area (Å²) in [6, 6.07) is 11.6. The maximum Gasteiger partial charge on any atom is 0.294 e. The molecule has 4 aromatic rings. The standard InChI is InChI=1S/C26H13ClF4N4O4S/c27-25-32-10-16(29)23(34-25)39-18-8-5-12-3-1-2-4-13(12)14(18)9-19-24(37)35(26(38)40-19)11-20(36)33-17-7-6-15(28)21(30)22(17)31/h1-10H,11H2,(H,33,36)/b19-9+. The molecular formula is C26H13ClF4N4O4S. The summed E-state index contributed by atoms with van der Waals surface area (Å²) in [6.45, 7) is -0.829. The van der Waals surface area contributed by atoms with Crippen molar-refractivity contribution in [3.63, 3.8) is 0 Å². The van der Waals surface area contributed by atoms with Crippen LogP contribution in [0.15, 0.2) is 59.6 Å². The van der Waals surface area contributed by atoms with Crippen molar-refractivity contribution in [2.45, 2.75) is 0 Å².